The summed E-state index contributed by atoms with van der Waals surface area (Å²) in [5.41, 5.74) is 2.10. The van der Waals surface area contributed by atoms with Crippen molar-refractivity contribution in [2.24, 2.45) is 0 Å². The van der Waals surface area contributed by atoms with Gasteiger partial charge in [0.1, 0.15) is 5.54 Å². The van der Waals surface area contributed by atoms with Gasteiger partial charge in [0.05, 0.1) is 6.54 Å². The zero-order valence-electron chi connectivity index (χ0n) is 15.8. The Bertz CT molecular complexity index is 943. The zero-order valence-corrected chi connectivity index (χ0v) is 15.8. The van der Waals surface area contributed by atoms with E-state index < -0.39 is 17.5 Å². The van der Waals surface area contributed by atoms with Gasteiger partial charge in [-0.15, -0.1) is 0 Å². The van der Waals surface area contributed by atoms with Crippen molar-refractivity contribution < 1.29 is 14.4 Å². The van der Waals surface area contributed by atoms with Crippen molar-refractivity contribution in [2.75, 3.05) is 6.54 Å². The standard InChI is InChI=1S/C21H23N3O3/c1-13-11-17(14(2)24(13)16-9-10-16)18(25)12-23-19(26)21(3,22-20(23)27)15-7-5-4-6-8-15/h4-8,11,16H,9-10,12H2,1-3H3,(H,22,27)/t21-/m1/s1. The van der Waals surface area contributed by atoms with E-state index in [4.69, 9.17) is 0 Å². The van der Waals surface area contributed by atoms with Gasteiger partial charge >= 0.3 is 6.03 Å². The average Bonchev–Trinajstić information content (AvgIpc) is 3.40. The highest BCUT2D eigenvalue weighted by atomic mass is 16.2. The Labute approximate surface area is 158 Å². The molecule has 1 saturated carbocycles. The first-order valence-corrected chi connectivity index (χ1v) is 9.24. The lowest BCUT2D eigenvalue weighted by molar-refractivity contribution is -0.130. The van der Waals surface area contributed by atoms with Crippen molar-refractivity contribution >= 4 is 17.7 Å². The molecule has 3 amide bonds. The molecule has 140 valence electrons. The number of carbonyl (C=O) groups is 3. The van der Waals surface area contributed by atoms with E-state index in [9.17, 15) is 14.4 Å². The number of rotatable bonds is 5. The number of benzene rings is 1. The molecule has 6 heteroatoms. The van der Waals surface area contributed by atoms with Crippen molar-refractivity contribution in [2.45, 2.75) is 45.2 Å². The predicted octanol–water partition coefficient (Wildman–Crippen LogP) is 3.09. The summed E-state index contributed by atoms with van der Waals surface area (Å²) < 4.78 is 2.19. The van der Waals surface area contributed by atoms with Crippen LogP contribution in [0.15, 0.2) is 36.4 Å². The number of ketones is 1. The van der Waals surface area contributed by atoms with E-state index >= 15 is 0 Å². The maximum Gasteiger partial charge on any atom is 0.325 e. The molecule has 0 radical (unpaired) electrons. The third kappa shape index (κ3) is 2.76. The van der Waals surface area contributed by atoms with Gasteiger partial charge < -0.3 is 9.88 Å². The van der Waals surface area contributed by atoms with Crippen LogP contribution >= 0.6 is 0 Å². The molecule has 4 rings (SSSR count). The number of nitrogens with one attached hydrogen (secondary N) is 1. The van der Waals surface area contributed by atoms with E-state index in [1.54, 1.807) is 19.1 Å². The summed E-state index contributed by atoms with van der Waals surface area (Å²) >= 11 is 0. The van der Waals surface area contributed by atoms with Crippen molar-refractivity contribution in [3.8, 4) is 0 Å². The van der Waals surface area contributed by atoms with Gasteiger partial charge in [-0.05, 0) is 45.2 Å². The molecule has 1 atom stereocenters. The maximum atomic E-state index is 13.0. The summed E-state index contributed by atoms with van der Waals surface area (Å²) in [5, 5.41) is 2.74. The van der Waals surface area contributed by atoms with Gasteiger partial charge in [0.2, 0.25) is 0 Å². The lowest BCUT2D eigenvalue weighted by Crippen LogP contribution is -2.41. The lowest BCUT2D eigenvalue weighted by atomic mass is 9.92. The van der Waals surface area contributed by atoms with Crippen molar-refractivity contribution in [3.63, 3.8) is 0 Å². The highest BCUT2D eigenvalue weighted by Gasteiger charge is 2.49. The van der Waals surface area contributed by atoms with Gasteiger partial charge in [-0.25, -0.2) is 4.79 Å². The molecule has 1 aliphatic carbocycles. The number of urea groups is 1. The summed E-state index contributed by atoms with van der Waals surface area (Å²) in [6.45, 7) is 5.34. The number of amides is 3. The number of hydrogen-bond donors (Lipinski definition) is 1. The van der Waals surface area contributed by atoms with Crippen LogP contribution in [0.1, 0.15) is 53.1 Å². The molecule has 1 aliphatic heterocycles. The fourth-order valence-electron chi connectivity index (χ4n) is 3.99. The van der Waals surface area contributed by atoms with E-state index in [-0.39, 0.29) is 12.3 Å². The first-order valence-electron chi connectivity index (χ1n) is 9.24. The van der Waals surface area contributed by atoms with Crippen LogP contribution in [0.4, 0.5) is 4.79 Å². The number of nitrogens with zero attached hydrogens (tertiary/aromatic N) is 2. The second-order valence-electron chi connectivity index (χ2n) is 7.62. The third-order valence-electron chi connectivity index (χ3n) is 5.62. The normalized spacial score (nSPS) is 22.3. The van der Waals surface area contributed by atoms with Crippen LogP contribution in [-0.4, -0.2) is 33.7 Å². The van der Waals surface area contributed by atoms with Crippen molar-refractivity contribution in [1.82, 2.24) is 14.8 Å². The smallest absolute Gasteiger partial charge is 0.325 e. The Morgan fingerprint density at radius 1 is 1.19 bits per heavy atom. The number of imide groups is 1. The van der Waals surface area contributed by atoms with Crippen LogP contribution in [0, 0.1) is 13.8 Å². The van der Waals surface area contributed by atoms with E-state index in [1.807, 2.05) is 38.1 Å². The predicted molar refractivity (Wildman–Crippen MR) is 101 cm³/mol. The second-order valence-corrected chi connectivity index (χ2v) is 7.62. The molecule has 0 spiro atoms. The quantitative estimate of drug-likeness (QED) is 0.654. The Kier molecular flexibility index (Phi) is 3.94. The van der Waals surface area contributed by atoms with Crippen LogP contribution in [-0.2, 0) is 10.3 Å². The molecule has 1 saturated heterocycles. The molecule has 2 aliphatic rings. The van der Waals surface area contributed by atoms with Crippen molar-refractivity contribution in [3.05, 3.63) is 58.9 Å². The molecule has 2 aromatic rings. The SMILES string of the molecule is Cc1cc(C(=O)CN2C(=O)N[C@](C)(c3ccccc3)C2=O)c(C)n1C1CC1. The molecule has 1 N–H and O–H groups in total. The van der Waals surface area contributed by atoms with Crippen LogP contribution in [0.2, 0.25) is 0 Å². The molecule has 0 unspecified atom stereocenters. The fraction of sp³-hybridized carbons (Fsp3) is 0.381. The summed E-state index contributed by atoms with van der Waals surface area (Å²) in [5.74, 6) is -0.612. The van der Waals surface area contributed by atoms with E-state index in [2.05, 4.69) is 9.88 Å². The summed E-state index contributed by atoms with van der Waals surface area (Å²) in [6, 6.07) is 10.9. The van der Waals surface area contributed by atoms with Gasteiger partial charge in [-0.3, -0.25) is 14.5 Å². The summed E-state index contributed by atoms with van der Waals surface area (Å²) in [7, 11) is 0. The maximum absolute atomic E-state index is 13.0. The van der Waals surface area contributed by atoms with Gasteiger partial charge in [-0.1, -0.05) is 30.3 Å². The molecule has 6 nitrogen and oxygen atoms in total. The monoisotopic (exact) mass is 365 g/mol. The molecular formula is C21H23N3O3. The first-order chi connectivity index (χ1) is 12.8. The van der Waals surface area contributed by atoms with Crippen molar-refractivity contribution in [1.29, 1.82) is 0 Å². The molecule has 27 heavy (non-hydrogen) atoms. The lowest BCUT2D eigenvalue weighted by Gasteiger charge is -2.22. The topological polar surface area (TPSA) is 71.4 Å². The van der Waals surface area contributed by atoms with E-state index in [0.717, 1.165) is 29.1 Å². The number of Topliss-reactive ketones (excluding diaryl/α,β-unsaturated/α-hetero) is 1. The average molecular weight is 365 g/mol. The van der Waals surface area contributed by atoms with Crippen LogP contribution in [0.3, 0.4) is 0 Å². The minimum absolute atomic E-state index is 0.212. The number of aryl methyl sites for hydroxylation is 1. The molecule has 2 fully saturated rings. The van der Waals surface area contributed by atoms with E-state index in [0.29, 0.717) is 17.2 Å². The van der Waals surface area contributed by atoms with Crippen LogP contribution in [0.5, 0.6) is 0 Å². The molecule has 2 heterocycles. The third-order valence-corrected chi connectivity index (χ3v) is 5.62. The minimum atomic E-state index is -1.15. The van der Waals surface area contributed by atoms with E-state index in [1.165, 1.54) is 0 Å². The largest absolute Gasteiger partial charge is 0.345 e. The number of aromatic nitrogens is 1. The fourth-order valence-corrected chi connectivity index (χ4v) is 3.99. The Balaban J connectivity index is 1.58. The molecular weight excluding hydrogens is 342 g/mol. The minimum Gasteiger partial charge on any atom is -0.345 e. The number of hydrogen-bond acceptors (Lipinski definition) is 3. The summed E-state index contributed by atoms with van der Waals surface area (Å²) in [6.07, 6.45) is 2.26. The summed E-state index contributed by atoms with van der Waals surface area (Å²) in [4.78, 5) is 39.3. The number of carbonyl (C=O) groups excluding carboxylic acids is 3. The molecule has 1 aromatic carbocycles. The Morgan fingerprint density at radius 2 is 1.85 bits per heavy atom. The van der Waals surface area contributed by atoms with Crippen LogP contribution in [0.25, 0.3) is 0 Å². The Morgan fingerprint density at radius 3 is 2.48 bits per heavy atom. The molecule has 0 bridgehead atoms. The first kappa shape index (κ1) is 17.5. The highest BCUT2D eigenvalue weighted by Crippen LogP contribution is 2.38. The second kappa shape index (κ2) is 6.08. The molecule has 1 aromatic heterocycles. The zero-order chi connectivity index (χ0) is 19.3. The van der Waals surface area contributed by atoms with Gasteiger partial charge in [-0.2, -0.15) is 0 Å². The van der Waals surface area contributed by atoms with Gasteiger partial charge in [0.15, 0.2) is 5.78 Å². The van der Waals surface area contributed by atoms with Gasteiger partial charge in [0.25, 0.3) is 5.91 Å². The Hall–Kier alpha value is -2.89. The van der Waals surface area contributed by atoms with Gasteiger partial charge in [0, 0.05) is 23.0 Å². The highest BCUT2D eigenvalue weighted by molar-refractivity contribution is 6.11. The van der Waals surface area contributed by atoms with Crippen LogP contribution < -0.4 is 5.32 Å².